The zero-order valence-corrected chi connectivity index (χ0v) is 13.0. The number of aliphatic hydroxyl groups is 3. The van der Waals surface area contributed by atoms with E-state index in [-0.39, 0.29) is 35.9 Å². The maximum atomic E-state index is 10.7. The molecule has 12 heteroatoms. The van der Waals surface area contributed by atoms with Crippen LogP contribution in [0.2, 0.25) is 0 Å². The van der Waals surface area contributed by atoms with Crippen molar-refractivity contribution in [1.29, 1.82) is 0 Å². The lowest BCUT2D eigenvalue weighted by Gasteiger charge is -2.19. The average molecular weight is 354 g/mol. The summed E-state index contributed by atoms with van der Waals surface area (Å²) in [5.74, 6) is -0.752. The minimum Gasteiger partial charge on any atom is -0.481 e. The van der Waals surface area contributed by atoms with Gasteiger partial charge in [-0.1, -0.05) is 0 Å². The number of carboxylic acid groups (broad SMARTS) is 1. The quantitative estimate of drug-likeness (QED) is 0.333. The van der Waals surface area contributed by atoms with Crippen LogP contribution < -0.4 is 11.1 Å². The number of nitrogens with one attached hydrogen (secondary N) is 1. The summed E-state index contributed by atoms with van der Waals surface area (Å²) in [5.41, 5.74) is 6.26. The third-order valence-corrected chi connectivity index (χ3v) is 3.90. The van der Waals surface area contributed by atoms with Crippen LogP contribution in [0.1, 0.15) is 12.6 Å². The fourth-order valence-corrected chi connectivity index (χ4v) is 2.67. The van der Waals surface area contributed by atoms with Gasteiger partial charge in [-0.25, -0.2) is 15.0 Å². The monoisotopic (exact) mass is 354 g/mol. The van der Waals surface area contributed by atoms with E-state index in [0.717, 1.165) is 0 Å². The molecule has 3 heterocycles. The van der Waals surface area contributed by atoms with Gasteiger partial charge in [0.15, 0.2) is 23.2 Å². The molecular formula is C13H18N6O6. The van der Waals surface area contributed by atoms with Gasteiger partial charge in [-0.15, -0.1) is 0 Å². The average Bonchev–Trinajstić information content (AvgIpc) is 3.07. The van der Waals surface area contributed by atoms with Gasteiger partial charge in [0.2, 0.25) is 5.95 Å². The summed E-state index contributed by atoms with van der Waals surface area (Å²) < 4.78 is 6.87. The van der Waals surface area contributed by atoms with Gasteiger partial charge >= 0.3 is 5.97 Å². The summed E-state index contributed by atoms with van der Waals surface area (Å²) in [6, 6.07) is 0. The number of aromatic nitrogens is 4. The molecule has 2 aromatic rings. The normalized spacial score (nSPS) is 26.2. The first-order valence-electron chi connectivity index (χ1n) is 7.50. The van der Waals surface area contributed by atoms with Gasteiger partial charge in [0, 0.05) is 6.54 Å². The topological polar surface area (TPSA) is 189 Å². The fourth-order valence-electron chi connectivity index (χ4n) is 2.67. The van der Waals surface area contributed by atoms with Gasteiger partial charge in [0.05, 0.1) is 13.0 Å². The molecule has 2 aromatic heterocycles. The number of nitrogens with zero attached hydrogens (tertiary/aromatic N) is 4. The molecule has 0 amide bonds. The Balaban J connectivity index is 2.02. The second kappa shape index (κ2) is 6.76. The first-order chi connectivity index (χ1) is 11.9. The van der Waals surface area contributed by atoms with Crippen molar-refractivity contribution in [3.63, 3.8) is 0 Å². The Morgan fingerprint density at radius 1 is 1.36 bits per heavy atom. The molecule has 0 bridgehead atoms. The van der Waals surface area contributed by atoms with Gasteiger partial charge in [-0.2, -0.15) is 0 Å². The number of imidazole rings is 1. The van der Waals surface area contributed by atoms with Crippen LogP contribution in [0.25, 0.3) is 11.2 Å². The molecule has 1 aliphatic heterocycles. The van der Waals surface area contributed by atoms with E-state index in [9.17, 15) is 20.1 Å². The van der Waals surface area contributed by atoms with Crippen LogP contribution in [0.5, 0.6) is 0 Å². The lowest BCUT2D eigenvalue weighted by molar-refractivity contribution is -0.136. The second-order valence-corrected chi connectivity index (χ2v) is 5.54. The third-order valence-electron chi connectivity index (χ3n) is 3.90. The number of hydrogen-bond donors (Lipinski definition) is 6. The molecule has 25 heavy (non-hydrogen) atoms. The highest BCUT2D eigenvalue weighted by atomic mass is 16.6. The summed E-state index contributed by atoms with van der Waals surface area (Å²) in [6.45, 7) is -0.430. The molecule has 0 aromatic carbocycles. The van der Waals surface area contributed by atoms with Crippen molar-refractivity contribution >= 4 is 28.9 Å². The maximum absolute atomic E-state index is 10.7. The fraction of sp³-hybridized carbons (Fsp3) is 0.538. The Kier molecular flexibility index (Phi) is 4.67. The summed E-state index contributed by atoms with van der Waals surface area (Å²) in [6.07, 6.45) is -3.70. The number of aliphatic carboxylic acids is 1. The third kappa shape index (κ3) is 3.07. The van der Waals surface area contributed by atoms with Crippen LogP contribution >= 0.6 is 0 Å². The van der Waals surface area contributed by atoms with E-state index in [1.54, 1.807) is 0 Å². The van der Waals surface area contributed by atoms with E-state index in [0.29, 0.717) is 0 Å². The number of carboxylic acids is 1. The highest BCUT2D eigenvalue weighted by Crippen LogP contribution is 2.34. The van der Waals surface area contributed by atoms with Gasteiger partial charge in [0.25, 0.3) is 0 Å². The van der Waals surface area contributed by atoms with Gasteiger partial charge in [0.1, 0.15) is 24.6 Å². The number of ether oxygens (including phenoxy) is 1. The Bertz CT molecular complexity index is 782. The number of nitrogens with two attached hydrogens (primary N) is 1. The summed E-state index contributed by atoms with van der Waals surface area (Å²) in [5, 5.41) is 41.1. The smallest absolute Gasteiger partial charge is 0.305 e. The lowest BCUT2D eigenvalue weighted by atomic mass is 10.1. The van der Waals surface area contributed by atoms with Crippen molar-refractivity contribution in [2.45, 2.75) is 31.0 Å². The number of anilines is 2. The first-order valence-corrected chi connectivity index (χ1v) is 7.50. The van der Waals surface area contributed by atoms with Crippen molar-refractivity contribution in [2.75, 3.05) is 24.2 Å². The maximum Gasteiger partial charge on any atom is 0.305 e. The molecule has 1 saturated heterocycles. The Morgan fingerprint density at radius 2 is 2.12 bits per heavy atom. The predicted molar refractivity (Wildman–Crippen MR) is 83.5 cm³/mol. The van der Waals surface area contributed by atoms with Crippen molar-refractivity contribution < 1.29 is 30.0 Å². The number of aliphatic hydroxyl groups excluding tert-OH is 3. The predicted octanol–water partition coefficient (Wildman–Crippen LogP) is -2.09. The molecule has 0 spiro atoms. The Morgan fingerprint density at radius 3 is 2.76 bits per heavy atom. The molecule has 4 atom stereocenters. The van der Waals surface area contributed by atoms with Crippen LogP contribution in [0.15, 0.2) is 6.33 Å². The molecule has 136 valence electrons. The van der Waals surface area contributed by atoms with Gasteiger partial charge < -0.3 is 36.2 Å². The molecule has 0 aliphatic carbocycles. The molecule has 1 aliphatic rings. The van der Waals surface area contributed by atoms with Crippen molar-refractivity contribution in [3.8, 4) is 0 Å². The van der Waals surface area contributed by atoms with Crippen LogP contribution in [-0.2, 0) is 9.53 Å². The molecule has 1 fully saturated rings. The molecular weight excluding hydrogens is 336 g/mol. The molecule has 3 rings (SSSR count). The highest BCUT2D eigenvalue weighted by molar-refractivity contribution is 5.84. The summed E-state index contributed by atoms with van der Waals surface area (Å²) in [4.78, 5) is 22.9. The standard InChI is InChI=1S/C13H18N6O6/c14-10-7-11(17-4-16-10)19(13(18-7)15-2-1-6(21)22)12-9(24)8(23)5(3-20)25-12/h4-5,8-9,12,20,23-24H,1-3H2,(H,15,18)(H,21,22)(H2,14,16,17)/t5-,8-,9-,12-/m1/s1. The molecule has 7 N–H and O–H groups in total. The number of hydrogen-bond acceptors (Lipinski definition) is 10. The van der Waals surface area contributed by atoms with Crippen molar-refractivity contribution in [3.05, 3.63) is 6.33 Å². The van der Waals surface area contributed by atoms with Gasteiger partial charge in [-0.3, -0.25) is 9.36 Å². The van der Waals surface area contributed by atoms with Crippen LogP contribution in [-0.4, -0.2) is 77.4 Å². The zero-order valence-electron chi connectivity index (χ0n) is 13.0. The van der Waals surface area contributed by atoms with E-state index in [1.807, 2.05) is 0 Å². The number of nitrogen functional groups attached to an aromatic ring is 1. The molecule has 12 nitrogen and oxygen atoms in total. The van der Waals surface area contributed by atoms with Crippen LogP contribution in [0.3, 0.4) is 0 Å². The van der Waals surface area contributed by atoms with E-state index < -0.39 is 37.1 Å². The SMILES string of the molecule is Nc1ncnc2c1nc(NCCC(=O)O)n2[C@@H]1O[C@H](CO)[C@@H](O)[C@H]1O. The lowest BCUT2D eigenvalue weighted by Crippen LogP contribution is -2.33. The van der Waals surface area contributed by atoms with Gasteiger partial charge in [-0.05, 0) is 0 Å². The minimum atomic E-state index is -1.36. The Hall–Kier alpha value is -2.54. The summed E-state index contributed by atoms with van der Waals surface area (Å²) >= 11 is 0. The van der Waals surface area contributed by atoms with Crippen LogP contribution in [0.4, 0.5) is 11.8 Å². The van der Waals surface area contributed by atoms with E-state index in [4.69, 9.17) is 15.6 Å². The van der Waals surface area contributed by atoms with E-state index in [2.05, 4.69) is 20.3 Å². The first kappa shape index (κ1) is 17.3. The van der Waals surface area contributed by atoms with Crippen LogP contribution in [0, 0.1) is 0 Å². The molecule has 0 unspecified atom stereocenters. The molecule has 0 saturated carbocycles. The number of fused-ring (bicyclic) bond motifs is 1. The number of carbonyl (C=O) groups is 1. The van der Waals surface area contributed by atoms with Crippen molar-refractivity contribution in [2.24, 2.45) is 0 Å². The van der Waals surface area contributed by atoms with E-state index in [1.165, 1.54) is 10.9 Å². The highest BCUT2D eigenvalue weighted by Gasteiger charge is 2.45. The second-order valence-electron chi connectivity index (χ2n) is 5.54. The molecule has 0 radical (unpaired) electrons. The minimum absolute atomic E-state index is 0.0563. The Labute approximate surface area is 140 Å². The largest absolute Gasteiger partial charge is 0.481 e. The zero-order chi connectivity index (χ0) is 18.1. The number of rotatable bonds is 6. The van der Waals surface area contributed by atoms with E-state index >= 15 is 0 Å². The summed E-state index contributed by atoms with van der Waals surface area (Å²) in [7, 11) is 0. The van der Waals surface area contributed by atoms with Crippen molar-refractivity contribution in [1.82, 2.24) is 19.5 Å².